The van der Waals surface area contributed by atoms with Gasteiger partial charge in [0.2, 0.25) is 5.91 Å². The van der Waals surface area contributed by atoms with Gasteiger partial charge in [0.05, 0.1) is 18.9 Å². The largest absolute Gasteiger partial charge is 0.464 e. The third kappa shape index (κ3) is 4.72. The molecule has 1 aromatic carbocycles. The number of pyridine rings is 1. The van der Waals surface area contributed by atoms with Gasteiger partial charge in [0.25, 0.3) is 0 Å². The van der Waals surface area contributed by atoms with Crippen LogP contribution in [0.2, 0.25) is 0 Å². The van der Waals surface area contributed by atoms with Crippen LogP contribution in [0.5, 0.6) is 0 Å². The Bertz CT molecular complexity index is 928. The van der Waals surface area contributed by atoms with Crippen LogP contribution in [0.4, 0.5) is 0 Å². The number of amides is 1. The second kappa shape index (κ2) is 9.03. The molecule has 0 aliphatic carbocycles. The van der Waals surface area contributed by atoms with Crippen molar-refractivity contribution in [1.82, 2.24) is 14.8 Å². The Balaban J connectivity index is 1.52. The van der Waals surface area contributed by atoms with Gasteiger partial charge in [0, 0.05) is 51.2 Å². The van der Waals surface area contributed by atoms with Crippen LogP contribution in [0.15, 0.2) is 71.6 Å². The molecule has 150 valence electrons. The Morgan fingerprint density at radius 2 is 2.00 bits per heavy atom. The fourth-order valence-electron chi connectivity index (χ4n) is 3.75. The molecule has 3 aromatic rings. The zero-order valence-electron chi connectivity index (χ0n) is 16.5. The summed E-state index contributed by atoms with van der Waals surface area (Å²) in [6, 6.07) is 15.9. The summed E-state index contributed by atoms with van der Waals surface area (Å²) in [5.41, 5.74) is 3.20. The van der Waals surface area contributed by atoms with Gasteiger partial charge < -0.3 is 14.1 Å². The minimum absolute atomic E-state index is 0.0473. The van der Waals surface area contributed by atoms with Gasteiger partial charge in [-0.3, -0.25) is 14.7 Å². The Hall–Kier alpha value is -2.96. The number of carbonyl (C=O) groups is 1. The average Bonchev–Trinajstić information content (AvgIpc) is 3.23. The third-order valence-electron chi connectivity index (χ3n) is 5.22. The molecule has 1 atom stereocenters. The maximum atomic E-state index is 13.0. The monoisotopic (exact) mass is 391 g/mol. The van der Waals surface area contributed by atoms with E-state index < -0.39 is 0 Å². The highest BCUT2D eigenvalue weighted by Gasteiger charge is 2.28. The van der Waals surface area contributed by atoms with Crippen molar-refractivity contribution in [2.45, 2.75) is 19.2 Å². The molecule has 1 amide bonds. The van der Waals surface area contributed by atoms with E-state index in [0.29, 0.717) is 32.7 Å². The van der Waals surface area contributed by atoms with Gasteiger partial charge in [-0.1, -0.05) is 30.3 Å². The van der Waals surface area contributed by atoms with Crippen LogP contribution in [-0.4, -0.2) is 53.5 Å². The molecule has 0 radical (unpaired) electrons. The van der Waals surface area contributed by atoms with E-state index >= 15 is 0 Å². The fraction of sp³-hybridized carbons (Fsp3) is 0.304. The quantitative estimate of drug-likeness (QED) is 0.646. The number of methoxy groups -OCH3 is 1. The molecular weight excluding hydrogens is 366 g/mol. The number of nitrogens with zero attached hydrogens (tertiary/aromatic N) is 3. The molecule has 1 aliphatic rings. The third-order valence-corrected chi connectivity index (χ3v) is 5.22. The molecule has 0 saturated carbocycles. The van der Waals surface area contributed by atoms with Crippen LogP contribution in [0.1, 0.15) is 11.1 Å². The van der Waals surface area contributed by atoms with Crippen molar-refractivity contribution in [1.29, 1.82) is 0 Å². The summed E-state index contributed by atoms with van der Waals surface area (Å²) in [4.78, 5) is 21.2. The fourth-order valence-corrected chi connectivity index (χ4v) is 3.75. The van der Waals surface area contributed by atoms with Crippen LogP contribution >= 0.6 is 0 Å². The van der Waals surface area contributed by atoms with Crippen molar-refractivity contribution in [3.63, 3.8) is 0 Å². The normalized spacial score (nSPS) is 18.0. The van der Waals surface area contributed by atoms with E-state index in [1.807, 2.05) is 41.3 Å². The standard InChI is InChI=1S/C23H25N3O3/c1-28-20-15-25(14-19-7-2-3-8-21(19)22-9-5-11-29-22)17-23(27)26(16-20)13-18-6-4-10-24-12-18/h2-12,20H,13-17H2,1H3/t20-/m1/s1. The predicted octanol–water partition coefficient (Wildman–Crippen LogP) is 3.20. The molecule has 29 heavy (non-hydrogen) atoms. The minimum Gasteiger partial charge on any atom is -0.464 e. The van der Waals surface area contributed by atoms with Gasteiger partial charge in [0.15, 0.2) is 0 Å². The molecule has 0 bridgehead atoms. The SMILES string of the molecule is CO[C@@H]1CN(Cc2ccccc2-c2ccco2)CC(=O)N(Cc2cccnc2)C1. The lowest BCUT2D eigenvalue weighted by molar-refractivity contribution is -0.132. The van der Waals surface area contributed by atoms with Crippen LogP contribution < -0.4 is 0 Å². The van der Waals surface area contributed by atoms with E-state index in [1.54, 1.807) is 25.8 Å². The Labute approximate surface area is 170 Å². The van der Waals surface area contributed by atoms with Crippen LogP contribution in [-0.2, 0) is 22.6 Å². The highest BCUT2D eigenvalue weighted by molar-refractivity contribution is 5.78. The molecular formula is C23H25N3O3. The summed E-state index contributed by atoms with van der Waals surface area (Å²) in [5, 5.41) is 0. The Kier molecular flexibility index (Phi) is 6.03. The topological polar surface area (TPSA) is 58.8 Å². The lowest BCUT2D eigenvalue weighted by atomic mass is 10.0. The smallest absolute Gasteiger partial charge is 0.237 e. The number of ether oxygens (including phenoxy) is 1. The van der Waals surface area contributed by atoms with Gasteiger partial charge >= 0.3 is 0 Å². The molecule has 0 spiro atoms. The maximum Gasteiger partial charge on any atom is 0.237 e. The minimum atomic E-state index is -0.0473. The average molecular weight is 391 g/mol. The number of hydrogen-bond donors (Lipinski definition) is 0. The van der Waals surface area contributed by atoms with Gasteiger partial charge in [-0.25, -0.2) is 0 Å². The van der Waals surface area contributed by atoms with Crippen molar-refractivity contribution in [2.75, 3.05) is 26.7 Å². The molecule has 6 heteroatoms. The molecule has 4 rings (SSSR count). The van der Waals surface area contributed by atoms with E-state index in [2.05, 4.69) is 22.0 Å². The van der Waals surface area contributed by atoms with Crippen LogP contribution in [0.25, 0.3) is 11.3 Å². The first-order valence-electron chi connectivity index (χ1n) is 9.76. The highest BCUT2D eigenvalue weighted by atomic mass is 16.5. The second-order valence-corrected chi connectivity index (χ2v) is 7.30. The summed E-state index contributed by atoms with van der Waals surface area (Å²) in [6.07, 6.45) is 5.18. The number of hydrogen-bond acceptors (Lipinski definition) is 5. The maximum absolute atomic E-state index is 13.0. The summed E-state index contributed by atoms with van der Waals surface area (Å²) in [5.74, 6) is 0.937. The number of rotatable bonds is 6. The molecule has 1 saturated heterocycles. The molecule has 0 N–H and O–H groups in total. The zero-order chi connectivity index (χ0) is 20.1. The summed E-state index contributed by atoms with van der Waals surface area (Å²) >= 11 is 0. The van der Waals surface area contributed by atoms with Gasteiger partial charge in [0.1, 0.15) is 5.76 Å². The second-order valence-electron chi connectivity index (χ2n) is 7.30. The molecule has 0 unspecified atom stereocenters. The van der Waals surface area contributed by atoms with Gasteiger partial charge in [-0.2, -0.15) is 0 Å². The number of aromatic nitrogens is 1. The van der Waals surface area contributed by atoms with Crippen molar-refractivity contribution in [3.05, 3.63) is 78.3 Å². The van der Waals surface area contributed by atoms with Crippen molar-refractivity contribution in [3.8, 4) is 11.3 Å². The first kappa shape index (κ1) is 19.4. The van der Waals surface area contributed by atoms with Gasteiger partial charge in [-0.15, -0.1) is 0 Å². The predicted molar refractivity (Wildman–Crippen MR) is 110 cm³/mol. The number of furan rings is 1. The van der Waals surface area contributed by atoms with Crippen molar-refractivity contribution >= 4 is 5.91 Å². The van der Waals surface area contributed by atoms with E-state index in [4.69, 9.17) is 9.15 Å². The first-order chi connectivity index (χ1) is 14.2. The van der Waals surface area contributed by atoms with Crippen LogP contribution in [0, 0.1) is 0 Å². The Morgan fingerprint density at radius 1 is 1.10 bits per heavy atom. The van der Waals surface area contributed by atoms with Crippen LogP contribution in [0.3, 0.4) is 0 Å². The highest BCUT2D eigenvalue weighted by Crippen LogP contribution is 2.26. The summed E-state index contributed by atoms with van der Waals surface area (Å²) < 4.78 is 11.3. The van der Waals surface area contributed by atoms with Gasteiger partial charge in [-0.05, 0) is 29.3 Å². The molecule has 6 nitrogen and oxygen atoms in total. The lowest BCUT2D eigenvalue weighted by Gasteiger charge is -2.23. The Morgan fingerprint density at radius 3 is 2.76 bits per heavy atom. The summed E-state index contributed by atoms with van der Waals surface area (Å²) in [6.45, 7) is 2.82. The lowest BCUT2D eigenvalue weighted by Crippen LogP contribution is -2.37. The zero-order valence-corrected chi connectivity index (χ0v) is 16.5. The molecule has 1 aliphatic heterocycles. The van der Waals surface area contributed by atoms with E-state index in [-0.39, 0.29) is 12.0 Å². The number of carbonyl (C=O) groups excluding carboxylic acids is 1. The van der Waals surface area contributed by atoms with E-state index in [0.717, 1.165) is 22.5 Å². The number of benzene rings is 1. The molecule has 1 fully saturated rings. The van der Waals surface area contributed by atoms with E-state index in [9.17, 15) is 4.79 Å². The van der Waals surface area contributed by atoms with E-state index in [1.165, 1.54) is 0 Å². The molecule has 3 heterocycles. The van der Waals surface area contributed by atoms with Crippen molar-refractivity contribution < 1.29 is 13.9 Å². The summed E-state index contributed by atoms with van der Waals surface area (Å²) in [7, 11) is 1.71. The first-order valence-corrected chi connectivity index (χ1v) is 9.76. The molecule has 2 aromatic heterocycles. The van der Waals surface area contributed by atoms with Crippen molar-refractivity contribution in [2.24, 2.45) is 0 Å².